The molecule has 3 nitrogen and oxygen atoms in total. The van der Waals surface area contributed by atoms with Crippen LogP contribution in [0.25, 0.3) is 0 Å². The van der Waals surface area contributed by atoms with Crippen molar-refractivity contribution in [2.45, 2.75) is 6.42 Å². The molecule has 0 fully saturated rings. The highest BCUT2D eigenvalue weighted by atomic mass is 35.5. The minimum absolute atomic E-state index is 0. The fourth-order valence-corrected chi connectivity index (χ4v) is 0.935. The van der Waals surface area contributed by atoms with Gasteiger partial charge in [-0.15, -0.1) is 12.4 Å². The fourth-order valence-electron chi connectivity index (χ4n) is 0.935. The maximum absolute atomic E-state index is 9.22. The first-order valence-corrected chi connectivity index (χ1v) is 3.45. The first-order chi connectivity index (χ1) is 5.25. The Bertz CT molecular complexity index is 253. The van der Waals surface area contributed by atoms with E-state index in [2.05, 4.69) is 0 Å². The molecule has 12 heavy (non-hydrogen) atoms. The molecule has 0 radical (unpaired) electrons. The zero-order valence-corrected chi connectivity index (χ0v) is 7.34. The lowest BCUT2D eigenvalue weighted by Gasteiger charge is -2.03. The van der Waals surface area contributed by atoms with E-state index in [0.717, 1.165) is 0 Å². The minimum atomic E-state index is -0.0871. The van der Waals surface area contributed by atoms with E-state index in [4.69, 9.17) is 10.8 Å². The number of rotatable bonds is 2. The number of para-hydroxylation sites is 1. The second kappa shape index (κ2) is 4.85. The molecule has 1 rings (SSSR count). The van der Waals surface area contributed by atoms with Gasteiger partial charge in [0.25, 0.3) is 0 Å². The first-order valence-electron chi connectivity index (χ1n) is 3.45. The molecule has 0 saturated heterocycles. The Labute approximate surface area is 77.2 Å². The number of phenolic OH excluding ortho intramolecular Hbond substituents is 2. The first kappa shape index (κ1) is 11.1. The molecule has 0 aromatic heterocycles. The Balaban J connectivity index is 0.00000121. The van der Waals surface area contributed by atoms with Crippen LogP contribution in [0.2, 0.25) is 0 Å². The van der Waals surface area contributed by atoms with E-state index >= 15 is 0 Å². The molecule has 0 spiro atoms. The number of phenols is 2. The van der Waals surface area contributed by atoms with Crippen molar-refractivity contribution in [1.82, 2.24) is 0 Å². The van der Waals surface area contributed by atoms with Gasteiger partial charge in [0.2, 0.25) is 0 Å². The molecule has 0 aliphatic heterocycles. The third-order valence-corrected chi connectivity index (χ3v) is 1.51. The fraction of sp³-hybridized carbons (Fsp3) is 0.250. The second-order valence-electron chi connectivity index (χ2n) is 2.32. The van der Waals surface area contributed by atoms with E-state index in [0.29, 0.717) is 18.5 Å². The quantitative estimate of drug-likeness (QED) is 0.609. The molecule has 68 valence electrons. The average molecular weight is 190 g/mol. The van der Waals surface area contributed by atoms with Crippen molar-refractivity contribution < 1.29 is 10.2 Å². The van der Waals surface area contributed by atoms with Crippen LogP contribution in [0.4, 0.5) is 0 Å². The van der Waals surface area contributed by atoms with Crippen LogP contribution in [0.5, 0.6) is 11.5 Å². The van der Waals surface area contributed by atoms with Gasteiger partial charge in [0.1, 0.15) is 0 Å². The lowest BCUT2D eigenvalue weighted by Crippen LogP contribution is -2.02. The van der Waals surface area contributed by atoms with Gasteiger partial charge in [-0.1, -0.05) is 12.1 Å². The summed E-state index contributed by atoms with van der Waals surface area (Å²) in [6.07, 6.45) is 0.584. The van der Waals surface area contributed by atoms with Crippen LogP contribution in [-0.2, 0) is 6.42 Å². The van der Waals surface area contributed by atoms with E-state index < -0.39 is 0 Å². The number of hydrogen-bond donors (Lipinski definition) is 3. The van der Waals surface area contributed by atoms with E-state index in [1.807, 2.05) is 0 Å². The predicted octanol–water partition coefficient (Wildman–Crippen LogP) is 1.02. The van der Waals surface area contributed by atoms with E-state index in [-0.39, 0.29) is 23.9 Å². The Morgan fingerprint density at radius 2 is 1.92 bits per heavy atom. The normalized spacial score (nSPS) is 9.08. The molecule has 0 heterocycles. The topological polar surface area (TPSA) is 66.5 Å². The third-order valence-electron chi connectivity index (χ3n) is 1.51. The zero-order chi connectivity index (χ0) is 8.27. The van der Waals surface area contributed by atoms with Gasteiger partial charge in [0.15, 0.2) is 11.5 Å². The number of nitrogens with two attached hydrogens (primary N) is 1. The van der Waals surface area contributed by atoms with Crippen LogP contribution in [0.1, 0.15) is 5.56 Å². The van der Waals surface area contributed by atoms with Gasteiger partial charge in [-0.25, -0.2) is 0 Å². The zero-order valence-electron chi connectivity index (χ0n) is 6.53. The number of aromatic hydroxyl groups is 2. The van der Waals surface area contributed by atoms with E-state index in [1.165, 1.54) is 6.07 Å². The standard InChI is InChI=1S/C8H11NO2.ClH/c9-5-4-6-2-1-3-7(10)8(6)11;/h1-3,10-11H,4-5,9H2;1H. The van der Waals surface area contributed by atoms with Crippen LogP contribution in [0, 0.1) is 0 Å². The molecular formula is C8H12ClNO2. The lowest BCUT2D eigenvalue weighted by molar-refractivity contribution is 0.399. The molecule has 4 heteroatoms. The van der Waals surface area contributed by atoms with Crippen LogP contribution in [0.15, 0.2) is 18.2 Å². The Kier molecular flexibility index (Phi) is 4.47. The predicted molar refractivity (Wildman–Crippen MR) is 49.8 cm³/mol. The van der Waals surface area contributed by atoms with Gasteiger partial charge in [-0.3, -0.25) is 0 Å². The van der Waals surface area contributed by atoms with Gasteiger partial charge < -0.3 is 15.9 Å². The van der Waals surface area contributed by atoms with Crippen molar-refractivity contribution in [2.75, 3.05) is 6.54 Å². The highest BCUT2D eigenvalue weighted by Gasteiger charge is 2.03. The van der Waals surface area contributed by atoms with Crippen molar-refractivity contribution >= 4 is 12.4 Å². The van der Waals surface area contributed by atoms with Crippen LogP contribution in [-0.4, -0.2) is 16.8 Å². The van der Waals surface area contributed by atoms with Crippen molar-refractivity contribution in [3.8, 4) is 11.5 Å². The largest absolute Gasteiger partial charge is 0.504 e. The third kappa shape index (κ3) is 2.29. The van der Waals surface area contributed by atoms with Crippen molar-refractivity contribution in [1.29, 1.82) is 0 Å². The summed E-state index contributed by atoms with van der Waals surface area (Å²) in [5.41, 5.74) is 5.97. The number of hydrogen-bond acceptors (Lipinski definition) is 3. The smallest absolute Gasteiger partial charge is 0.160 e. The molecule has 1 aromatic rings. The monoisotopic (exact) mass is 189 g/mol. The lowest BCUT2D eigenvalue weighted by atomic mass is 10.1. The van der Waals surface area contributed by atoms with Crippen molar-refractivity contribution in [2.24, 2.45) is 5.73 Å². The van der Waals surface area contributed by atoms with Crippen LogP contribution >= 0.6 is 12.4 Å². The second-order valence-corrected chi connectivity index (χ2v) is 2.32. The molecule has 0 aliphatic carbocycles. The van der Waals surface area contributed by atoms with Gasteiger partial charge in [0.05, 0.1) is 0 Å². The summed E-state index contributed by atoms with van der Waals surface area (Å²) in [6, 6.07) is 4.86. The molecule has 1 aromatic carbocycles. The molecule has 0 saturated carbocycles. The summed E-state index contributed by atoms with van der Waals surface area (Å²) < 4.78 is 0. The summed E-state index contributed by atoms with van der Waals surface area (Å²) >= 11 is 0. The molecule has 0 amide bonds. The van der Waals surface area contributed by atoms with E-state index in [1.54, 1.807) is 12.1 Å². The van der Waals surface area contributed by atoms with Crippen molar-refractivity contribution in [3.63, 3.8) is 0 Å². The van der Waals surface area contributed by atoms with Crippen LogP contribution in [0.3, 0.4) is 0 Å². The number of halogens is 1. The summed E-state index contributed by atoms with van der Waals surface area (Å²) in [7, 11) is 0. The molecular weight excluding hydrogens is 178 g/mol. The molecule has 0 atom stereocenters. The SMILES string of the molecule is Cl.NCCc1cccc(O)c1O. The summed E-state index contributed by atoms with van der Waals surface area (Å²) in [6.45, 7) is 0.469. The number of benzene rings is 1. The molecule has 0 unspecified atom stereocenters. The van der Waals surface area contributed by atoms with Crippen LogP contribution < -0.4 is 5.73 Å². The molecule has 0 aliphatic rings. The maximum Gasteiger partial charge on any atom is 0.160 e. The minimum Gasteiger partial charge on any atom is -0.504 e. The van der Waals surface area contributed by atoms with E-state index in [9.17, 15) is 5.11 Å². The van der Waals surface area contributed by atoms with Gasteiger partial charge in [0, 0.05) is 0 Å². The molecule has 0 bridgehead atoms. The summed E-state index contributed by atoms with van der Waals surface area (Å²) in [5, 5.41) is 18.3. The Hall–Kier alpha value is -0.930. The molecule has 4 N–H and O–H groups in total. The summed E-state index contributed by atoms with van der Waals surface area (Å²) in [4.78, 5) is 0. The van der Waals surface area contributed by atoms with Crippen molar-refractivity contribution in [3.05, 3.63) is 23.8 Å². The Morgan fingerprint density at radius 3 is 2.50 bits per heavy atom. The average Bonchev–Trinajstić information content (AvgIpc) is 1.99. The maximum atomic E-state index is 9.22. The highest BCUT2D eigenvalue weighted by Crippen LogP contribution is 2.27. The Morgan fingerprint density at radius 1 is 1.25 bits per heavy atom. The van der Waals surface area contributed by atoms with Gasteiger partial charge in [-0.05, 0) is 24.6 Å². The van der Waals surface area contributed by atoms with Gasteiger partial charge >= 0.3 is 0 Å². The highest BCUT2D eigenvalue weighted by molar-refractivity contribution is 5.85. The summed E-state index contributed by atoms with van der Waals surface area (Å²) in [5.74, 6) is -0.145. The van der Waals surface area contributed by atoms with Gasteiger partial charge in [-0.2, -0.15) is 0 Å².